The highest BCUT2D eigenvalue weighted by molar-refractivity contribution is 6.31. The fourth-order valence-corrected chi connectivity index (χ4v) is 2.37. The molecule has 2 rings (SSSR count). The topological polar surface area (TPSA) is 71.1 Å². The molecule has 0 bridgehead atoms. The summed E-state index contributed by atoms with van der Waals surface area (Å²) in [5.41, 5.74) is 2.81. The van der Waals surface area contributed by atoms with Crippen LogP contribution in [0.5, 0.6) is 5.75 Å². The molecule has 0 saturated carbocycles. The lowest BCUT2D eigenvalue weighted by Gasteiger charge is -2.16. The van der Waals surface area contributed by atoms with E-state index in [1.807, 2.05) is 13.0 Å². The zero-order valence-electron chi connectivity index (χ0n) is 10.8. The zero-order chi connectivity index (χ0) is 14.0. The van der Waals surface area contributed by atoms with Crippen molar-refractivity contribution in [2.75, 3.05) is 20.3 Å². The molecule has 1 aliphatic heterocycles. The monoisotopic (exact) mass is 285 g/mol. The molecule has 1 aliphatic rings. The standard InChI is InChI=1S/C13H16ClNO4/c1-7-9(14)5-8(3-4-15-13(16)17)12(18-2)11(7)10-6-19-10/h5,10,15H,3-4,6H2,1-2H3,(H,16,17). The number of hydrogen-bond acceptors (Lipinski definition) is 3. The third-order valence-corrected chi connectivity index (χ3v) is 3.52. The molecule has 1 atom stereocenters. The first-order valence-corrected chi connectivity index (χ1v) is 6.36. The molecule has 5 nitrogen and oxygen atoms in total. The van der Waals surface area contributed by atoms with E-state index in [0.29, 0.717) is 24.6 Å². The summed E-state index contributed by atoms with van der Waals surface area (Å²) >= 11 is 6.21. The van der Waals surface area contributed by atoms with E-state index >= 15 is 0 Å². The van der Waals surface area contributed by atoms with E-state index < -0.39 is 6.09 Å². The van der Waals surface area contributed by atoms with Gasteiger partial charge in [-0.15, -0.1) is 0 Å². The van der Waals surface area contributed by atoms with Gasteiger partial charge in [-0.2, -0.15) is 0 Å². The zero-order valence-corrected chi connectivity index (χ0v) is 11.6. The molecule has 104 valence electrons. The van der Waals surface area contributed by atoms with Crippen LogP contribution in [-0.4, -0.2) is 31.5 Å². The van der Waals surface area contributed by atoms with E-state index in [1.54, 1.807) is 7.11 Å². The van der Waals surface area contributed by atoms with E-state index in [0.717, 1.165) is 22.4 Å². The quantitative estimate of drug-likeness (QED) is 0.816. The van der Waals surface area contributed by atoms with E-state index in [9.17, 15) is 4.79 Å². The number of amides is 1. The first kappa shape index (κ1) is 14.0. The SMILES string of the molecule is COc1c(CCNC(=O)O)cc(Cl)c(C)c1C1CO1. The Morgan fingerprint density at radius 2 is 2.37 bits per heavy atom. The van der Waals surface area contributed by atoms with Crippen molar-refractivity contribution in [3.05, 3.63) is 27.8 Å². The van der Waals surface area contributed by atoms with Crippen LogP contribution < -0.4 is 10.1 Å². The molecule has 1 fully saturated rings. The van der Waals surface area contributed by atoms with Crippen LogP contribution in [0.15, 0.2) is 6.07 Å². The third-order valence-electron chi connectivity index (χ3n) is 3.13. The normalized spacial score (nSPS) is 17.1. The summed E-state index contributed by atoms with van der Waals surface area (Å²) in [7, 11) is 1.60. The number of rotatable bonds is 5. The Labute approximate surface area is 116 Å². The van der Waals surface area contributed by atoms with Crippen molar-refractivity contribution >= 4 is 17.7 Å². The van der Waals surface area contributed by atoms with Gasteiger partial charge >= 0.3 is 6.09 Å². The molecule has 0 aromatic heterocycles. The molecule has 1 saturated heterocycles. The molecular weight excluding hydrogens is 270 g/mol. The van der Waals surface area contributed by atoms with Crippen LogP contribution in [0.25, 0.3) is 0 Å². The maximum atomic E-state index is 10.5. The number of nitrogens with one attached hydrogen (secondary N) is 1. The van der Waals surface area contributed by atoms with Gasteiger partial charge in [0.15, 0.2) is 0 Å². The average Bonchev–Trinajstić information content (AvgIpc) is 3.16. The Balaban J connectivity index is 2.28. The highest BCUT2D eigenvalue weighted by atomic mass is 35.5. The largest absolute Gasteiger partial charge is 0.496 e. The predicted octanol–water partition coefficient (Wildman–Crippen LogP) is 2.54. The third kappa shape index (κ3) is 3.11. The maximum absolute atomic E-state index is 10.5. The summed E-state index contributed by atoms with van der Waals surface area (Å²) in [5, 5.41) is 11.6. The molecule has 6 heteroatoms. The molecule has 1 heterocycles. The summed E-state index contributed by atoms with van der Waals surface area (Å²) in [6.45, 7) is 2.92. The summed E-state index contributed by atoms with van der Waals surface area (Å²) in [5.74, 6) is 0.747. The molecule has 1 unspecified atom stereocenters. The van der Waals surface area contributed by atoms with Gasteiger partial charge in [0, 0.05) is 17.1 Å². The van der Waals surface area contributed by atoms with Gasteiger partial charge in [-0.3, -0.25) is 0 Å². The Morgan fingerprint density at radius 3 is 2.89 bits per heavy atom. The van der Waals surface area contributed by atoms with Gasteiger partial charge in [0.2, 0.25) is 0 Å². The minimum absolute atomic E-state index is 0.0415. The van der Waals surface area contributed by atoms with Gasteiger partial charge in [0.25, 0.3) is 0 Å². The van der Waals surface area contributed by atoms with Gasteiger partial charge in [-0.05, 0) is 30.5 Å². The number of methoxy groups -OCH3 is 1. The first-order chi connectivity index (χ1) is 9.04. The molecule has 0 aliphatic carbocycles. The molecule has 1 aromatic rings. The number of epoxide rings is 1. The van der Waals surface area contributed by atoms with Gasteiger partial charge in [0.05, 0.1) is 13.7 Å². The van der Waals surface area contributed by atoms with Gasteiger partial charge < -0.3 is 19.9 Å². The summed E-state index contributed by atoms with van der Waals surface area (Å²) < 4.78 is 10.8. The number of halogens is 1. The Kier molecular flexibility index (Phi) is 4.17. The van der Waals surface area contributed by atoms with E-state index in [-0.39, 0.29) is 6.10 Å². The van der Waals surface area contributed by atoms with Crippen molar-refractivity contribution in [1.29, 1.82) is 0 Å². The number of benzene rings is 1. The van der Waals surface area contributed by atoms with Crippen molar-refractivity contribution in [3.8, 4) is 5.75 Å². The van der Waals surface area contributed by atoms with E-state index in [4.69, 9.17) is 26.2 Å². The summed E-state index contributed by atoms with van der Waals surface area (Å²) in [6.07, 6.45) is -0.474. The Hall–Kier alpha value is -1.46. The average molecular weight is 286 g/mol. The van der Waals surface area contributed by atoms with Crippen molar-refractivity contribution < 1.29 is 19.4 Å². The predicted molar refractivity (Wildman–Crippen MR) is 71.2 cm³/mol. The van der Waals surface area contributed by atoms with Crippen LogP contribution in [0.2, 0.25) is 5.02 Å². The molecular formula is C13H16ClNO4. The van der Waals surface area contributed by atoms with Crippen LogP contribution in [0.3, 0.4) is 0 Å². The van der Waals surface area contributed by atoms with Crippen LogP contribution in [0, 0.1) is 6.92 Å². The fourth-order valence-electron chi connectivity index (χ4n) is 2.13. The molecule has 2 N–H and O–H groups in total. The maximum Gasteiger partial charge on any atom is 0.404 e. The van der Waals surface area contributed by atoms with E-state index in [2.05, 4.69) is 5.32 Å². The van der Waals surface area contributed by atoms with Crippen molar-refractivity contribution in [3.63, 3.8) is 0 Å². The molecule has 0 spiro atoms. The number of carbonyl (C=O) groups is 1. The van der Waals surface area contributed by atoms with Crippen LogP contribution >= 0.6 is 11.6 Å². The lowest BCUT2D eigenvalue weighted by Crippen LogP contribution is -2.23. The lowest BCUT2D eigenvalue weighted by molar-refractivity contribution is 0.194. The highest BCUT2D eigenvalue weighted by Gasteiger charge is 2.32. The highest BCUT2D eigenvalue weighted by Crippen LogP contribution is 2.43. The smallest absolute Gasteiger partial charge is 0.404 e. The van der Waals surface area contributed by atoms with E-state index in [1.165, 1.54) is 0 Å². The lowest BCUT2D eigenvalue weighted by atomic mass is 9.98. The second kappa shape index (κ2) is 5.67. The number of ether oxygens (including phenoxy) is 2. The van der Waals surface area contributed by atoms with Crippen molar-refractivity contribution in [1.82, 2.24) is 5.32 Å². The Morgan fingerprint density at radius 1 is 1.68 bits per heavy atom. The minimum Gasteiger partial charge on any atom is -0.496 e. The number of hydrogen-bond donors (Lipinski definition) is 2. The molecule has 1 amide bonds. The molecule has 19 heavy (non-hydrogen) atoms. The van der Waals surface area contributed by atoms with Gasteiger partial charge in [-0.25, -0.2) is 4.79 Å². The second-order valence-electron chi connectivity index (χ2n) is 4.39. The fraction of sp³-hybridized carbons (Fsp3) is 0.462. The number of carboxylic acid groups (broad SMARTS) is 1. The van der Waals surface area contributed by atoms with Crippen molar-refractivity contribution in [2.24, 2.45) is 0 Å². The van der Waals surface area contributed by atoms with Crippen LogP contribution in [0.4, 0.5) is 4.79 Å². The van der Waals surface area contributed by atoms with Gasteiger partial charge in [0.1, 0.15) is 11.9 Å². The summed E-state index contributed by atoms with van der Waals surface area (Å²) in [6, 6.07) is 1.82. The minimum atomic E-state index is -1.04. The van der Waals surface area contributed by atoms with Gasteiger partial charge in [-0.1, -0.05) is 11.6 Å². The first-order valence-electron chi connectivity index (χ1n) is 5.98. The second-order valence-corrected chi connectivity index (χ2v) is 4.80. The van der Waals surface area contributed by atoms with Crippen molar-refractivity contribution in [2.45, 2.75) is 19.4 Å². The summed E-state index contributed by atoms with van der Waals surface area (Å²) in [4.78, 5) is 10.5. The van der Waals surface area contributed by atoms with Crippen LogP contribution in [-0.2, 0) is 11.2 Å². The Bertz CT molecular complexity index is 500. The molecule has 0 radical (unpaired) electrons. The molecule has 1 aromatic carbocycles. The van der Waals surface area contributed by atoms with Crippen LogP contribution in [0.1, 0.15) is 22.8 Å².